The fourth-order valence-corrected chi connectivity index (χ4v) is 5.66. The van der Waals surface area contributed by atoms with E-state index in [2.05, 4.69) is 16.0 Å². The molecule has 0 saturated carbocycles. The number of primary amides is 1. The fraction of sp³-hybridized carbons (Fsp3) is 0.410. The van der Waals surface area contributed by atoms with Gasteiger partial charge in [0, 0.05) is 13.0 Å². The minimum Gasteiger partial charge on any atom is -0.444 e. The minimum absolute atomic E-state index is 0.0319. The Labute approximate surface area is 289 Å². The molecule has 10 heteroatoms. The Hall–Kier alpha value is -4.99. The van der Waals surface area contributed by atoms with Crippen LogP contribution in [-0.2, 0) is 30.3 Å². The number of carbonyl (C=O) groups excluding carboxylic acids is 5. The molecular weight excluding hydrogens is 620 g/mol. The predicted molar refractivity (Wildman–Crippen MR) is 189 cm³/mol. The van der Waals surface area contributed by atoms with Crippen LogP contribution < -0.4 is 21.7 Å². The number of ketones is 1. The molecule has 0 heterocycles. The number of ether oxygens (including phenoxy) is 1. The summed E-state index contributed by atoms with van der Waals surface area (Å²) in [4.78, 5) is 66.0. The van der Waals surface area contributed by atoms with Crippen molar-refractivity contribution in [3.63, 3.8) is 0 Å². The van der Waals surface area contributed by atoms with Crippen molar-refractivity contribution in [2.75, 3.05) is 13.1 Å². The van der Waals surface area contributed by atoms with E-state index in [1.165, 1.54) is 0 Å². The third-order valence-corrected chi connectivity index (χ3v) is 7.99. The predicted octanol–water partition coefficient (Wildman–Crippen LogP) is 5.03. The van der Waals surface area contributed by atoms with E-state index in [1.807, 2.05) is 80.6 Å². The maximum absolute atomic E-state index is 14.3. The smallest absolute Gasteiger partial charge is 0.408 e. The average Bonchev–Trinajstić information content (AvgIpc) is 3.05. The average molecular weight is 671 g/mol. The Balaban J connectivity index is 1.90. The van der Waals surface area contributed by atoms with Crippen molar-refractivity contribution in [2.45, 2.75) is 77.4 Å². The molecule has 3 aromatic rings. The van der Waals surface area contributed by atoms with Crippen molar-refractivity contribution >= 4 is 29.6 Å². The van der Waals surface area contributed by atoms with E-state index in [9.17, 15) is 24.0 Å². The number of nitrogens with one attached hydrogen (secondary N) is 3. The van der Waals surface area contributed by atoms with Gasteiger partial charge in [0.1, 0.15) is 11.6 Å². The van der Waals surface area contributed by atoms with Crippen LogP contribution >= 0.6 is 0 Å². The van der Waals surface area contributed by atoms with Crippen molar-refractivity contribution in [3.8, 4) is 0 Å². The van der Waals surface area contributed by atoms with Gasteiger partial charge in [0.05, 0.1) is 18.4 Å². The lowest BCUT2D eigenvalue weighted by Crippen LogP contribution is -2.51. The number of nitrogens with two attached hydrogens (primary N) is 1. The zero-order valence-corrected chi connectivity index (χ0v) is 29.1. The number of alkyl carbamates (subject to hydrolysis) is 1. The van der Waals surface area contributed by atoms with Gasteiger partial charge in [0.25, 0.3) is 0 Å². The molecule has 3 unspecified atom stereocenters. The van der Waals surface area contributed by atoms with Crippen LogP contribution in [0.3, 0.4) is 0 Å². The molecule has 5 N–H and O–H groups in total. The number of Topliss-reactive ketones (excluding diaryl/α,β-unsaturated/α-hetero) is 1. The van der Waals surface area contributed by atoms with Gasteiger partial charge in [-0.15, -0.1) is 0 Å². The molecule has 4 atom stereocenters. The molecule has 4 amide bonds. The number of hydrogen-bond acceptors (Lipinski definition) is 6. The molecule has 0 bridgehead atoms. The van der Waals surface area contributed by atoms with Gasteiger partial charge >= 0.3 is 6.09 Å². The molecular formula is C39H50N4O6. The summed E-state index contributed by atoms with van der Waals surface area (Å²) in [7, 11) is 0. The van der Waals surface area contributed by atoms with E-state index >= 15 is 0 Å². The monoisotopic (exact) mass is 670 g/mol. The number of benzene rings is 3. The van der Waals surface area contributed by atoms with Gasteiger partial charge in [0.2, 0.25) is 17.7 Å². The van der Waals surface area contributed by atoms with E-state index in [0.29, 0.717) is 18.4 Å². The summed E-state index contributed by atoms with van der Waals surface area (Å²) >= 11 is 0. The molecule has 0 fully saturated rings. The molecule has 0 radical (unpaired) electrons. The van der Waals surface area contributed by atoms with Crippen LogP contribution in [0.5, 0.6) is 0 Å². The summed E-state index contributed by atoms with van der Waals surface area (Å²) in [6.45, 7) is 8.69. The summed E-state index contributed by atoms with van der Waals surface area (Å²) in [6.07, 6.45) is -0.153. The van der Waals surface area contributed by atoms with Gasteiger partial charge < -0.3 is 26.4 Å². The molecule has 0 aliphatic carbocycles. The van der Waals surface area contributed by atoms with Crippen LogP contribution in [-0.4, -0.2) is 54.3 Å². The van der Waals surface area contributed by atoms with E-state index in [-0.39, 0.29) is 31.2 Å². The third-order valence-electron chi connectivity index (χ3n) is 7.99. The van der Waals surface area contributed by atoms with Gasteiger partial charge in [-0.1, -0.05) is 105 Å². The van der Waals surface area contributed by atoms with Gasteiger partial charge in [-0.2, -0.15) is 0 Å². The Bertz CT molecular complexity index is 1520. The lowest BCUT2D eigenvalue weighted by atomic mass is 9.78. The maximum Gasteiger partial charge on any atom is 0.408 e. The van der Waals surface area contributed by atoms with Crippen LogP contribution in [0, 0.1) is 11.8 Å². The Morgan fingerprint density at radius 2 is 1.31 bits per heavy atom. The second kappa shape index (κ2) is 18.5. The fourth-order valence-electron chi connectivity index (χ4n) is 5.66. The van der Waals surface area contributed by atoms with Gasteiger partial charge in [-0.25, -0.2) is 4.79 Å². The number of rotatable bonds is 17. The second-order valence-corrected chi connectivity index (χ2v) is 13.7. The summed E-state index contributed by atoms with van der Waals surface area (Å²) in [5.41, 5.74) is 7.44. The summed E-state index contributed by atoms with van der Waals surface area (Å²) < 4.78 is 5.28. The van der Waals surface area contributed by atoms with Crippen molar-refractivity contribution in [1.29, 1.82) is 0 Å². The van der Waals surface area contributed by atoms with Gasteiger partial charge in [-0.3, -0.25) is 19.2 Å². The van der Waals surface area contributed by atoms with Crippen LogP contribution in [0.2, 0.25) is 0 Å². The highest BCUT2D eigenvalue weighted by Crippen LogP contribution is 2.32. The van der Waals surface area contributed by atoms with E-state index in [1.54, 1.807) is 45.0 Å². The molecule has 3 rings (SSSR count). The summed E-state index contributed by atoms with van der Waals surface area (Å²) in [6, 6.07) is 27.2. The van der Waals surface area contributed by atoms with E-state index in [4.69, 9.17) is 10.5 Å². The van der Waals surface area contributed by atoms with Gasteiger partial charge in [-0.05, 0) is 62.1 Å². The Kier molecular flexibility index (Phi) is 14.5. The largest absolute Gasteiger partial charge is 0.444 e. The quantitative estimate of drug-likeness (QED) is 0.158. The highest BCUT2D eigenvalue weighted by molar-refractivity contribution is 5.93. The molecule has 49 heavy (non-hydrogen) atoms. The SMILES string of the molecule is CC(C)C[C@H](NC(=O)C(CC(=O)CNC(=O)OC(C)(C)C)C(Cc1ccccc1)c1ccccc1)C(=O)NCC(C(N)=O)c1ccccc1. The van der Waals surface area contributed by atoms with Crippen LogP contribution in [0.25, 0.3) is 0 Å². The molecule has 0 aliphatic heterocycles. The van der Waals surface area contributed by atoms with Crippen LogP contribution in [0.4, 0.5) is 4.79 Å². The van der Waals surface area contributed by atoms with Crippen molar-refractivity contribution < 1.29 is 28.7 Å². The van der Waals surface area contributed by atoms with Crippen LogP contribution in [0.15, 0.2) is 91.0 Å². The number of amides is 4. The summed E-state index contributed by atoms with van der Waals surface area (Å²) in [5.74, 6) is -3.92. The Morgan fingerprint density at radius 1 is 0.755 bits per heavy atom. The molecule has 0 spiro atoms. The summed E-state index contributed by atoms with van der Waals surface area (Å²) in [5, 5.41) is 8.27. The van der Waals surface area contributed by atoms with Crippen molar-refractivity contribution in [2.24, 2.45) is 17.6 Å². The molecule has 0 saturated heterocycles. The van der Waals surface area contributed by atoms with Crippen LogP contribution in [0.1, 0.15) is 76.0 Å². The first-order chi connectivity index (χ1) is 23.2. The first-order valence-corrected chi connectivity index (χ1v) is 16.7. The zero-order chi connectivity index (χ0) is 36.0. The third kappa shape index (κ3) is 13.2. The van der Waals surface area contributed by atoms with E-state index in [0.717, 1.165) is 11.1 Å². The van der Waals surface area contributed by atoms with E-state index < -0.39 is 53.2 Å². The maximum atomic E-state index is 14.3. The topological polar surface area (TPSA) is 157 Å². The minimum atomic E-state index is -0.942. The number of hydrogen-bond donors (Lipinski definition) is 4. The Morgan fingerprint density at radius 3 is 1.84 bits per heavy atom. The van der Waals surface area contributed by atoms with Gasteiger partial charge in [0.15, 0.2) is 5.78 Å². The lowest BCUT2D eigenvalue weighted by molar-refractivity contribution is -0.133. The molecule has 0 aliphatic rings. The molecule has 262 valence electrons. The molecule has 3 aromatic carbocycles. The lowest BCUT2D eigenvalue weighted by Gasteiger charge is -2.29. The number of carbonyl (C=O) groups is 5. The van der Waals surface area contributed by atoms with Crippen molar-refractivity contribution in [1.82, 2.24) is 16.0 Å². The standard InChI is InChI=1S/C39H50N4O6/c1-26(2)21-34(37(47)41-25-33(35(40)45)29-19-13-8-14-20-29)43-36(46)32(23-30(44)24-42-38(48)49-39(3,4)5)31(28-17-11-7-12-18-28)22-27-15-9-6-10-16-27/h6-20,26,31-34H,21-25H2,1-5H3,(H2,40,45)(H,41,47)(H,42,48)(H,43,46)/t31?,32?,33?,34-/m0/s1. The zero-order valence-electron chi connectivity index (χ0n) is 29.1. The highest BCUT2D eigenvalue weighted by Gasteiger charge is 2.35. The molecule has 10 nitrogen and oxygen atoms in total. The molecule has 0 aromatic heterocycles. The normalized spacial score (nSPS) is 13.8. The first-order valence-electron chi connectivity index (χ1n) is 16.7. The van der Waals surface area contributed by atoms with Crippen molar-refractivity contribution in [3.05, 3.63) is 108 Å². The second-order valence-electron chi connectivity index (χ2n) is 13.7. The first kappa shape index (κ1) is 38.5. The highest BCUT2D eigenvalue weighted by atomic mass is 16.6.